The summed E-state index contributed by atoms with van der Waals surface area (Å²) in [5.74, 6) is -0.441. The molecule has 0 saturated heterocycles. The number of rotatable bonds is 4. The van der Waals surface area contributed by atoms with Gasteiger partial charge in [-0.3, -0.25) is 14.9 Å². The lowest BCUT2D eigenvalue weighted by atomic mass is 10.1. The third-order valence-electron chi connectivity index (χ3n) is 4.01. The number of pyridine rings is 1. The lowest BCUT2D eigenvalue weighted by Gasteiger charge is -2.05. The van der Waals surface area contributed by atoms with Crippen molar-refractivity contribution in [3.05, 3.63) is 53.7 Å². The average molecular weight is 322 g/mol. The van der Waals surface area contributed by atoms with Crippen molar-refractivity contribution >= 4 is 34.6 Å². The number of carbonyl (C=O) groups is 1. The molecular formula is C18H15FN4O. The van der Waals surface area contributed by atoms with E-state index < -0.39 is 5.82 Å². The number of nitrogens with zero attached hydrogens (tertiary/aromatic N) is 2. The van der Waals surface area contributed by atoms with Crippen LogP contribution in [-0.2, 0) is 4.79 Å². The zero-order valence-corrected chi connectivity index (χ0v) is 12.8. The van der Waals surface area contributed by atoms with E-state index in [1.165, 1.54) is 6.07 Å². The summed E-state index contributed by atoms with van der Waals surface area (Å²) >= 11 is 0. The largest absolute Gasteiger partial charge is 0.326 e. The average Bonchev–Trinajstić information content (AvgIpc) is 3.36. The van der Waals surface area contributed by atoms with Gasteiger partial charge in [0.15, 0.2) is 5.82 Å². The summed E-state index contributed by atoms with van der Waals surface area (Å²) in [4.78, 5) is 15.8. The molecule has 6 heteroatoms. The van der Waals surface area contributed by atoms with Crippen LogP contribution in [0.15, 0.2) is 36.7 Å². The molecule has 2 heterocycles. The number of carbonyl (C=O) groups excluding carboxylic acids is 1. The topological polar surface area (TPSA) is 70.7 Å². The monoisotopic (exact) mass is 322 g/mol. The van der Waals surface area contributed by atoms with Crippen LogP contribution in [0.2, 0.25) is 0 Å². The maximum Gasteiger partial charge on any atom is 0.227 e. The maximum atomic E-state index is 14.2. The minimum Gasteiger partial charge on any atom is -0.326 e. The van der Waals surface area contributed by atoms with Gasteiger partial charge in [-0.25, -0.2) is 4.39 Å². The Labute approximate surface area is 137 Å². The number of benzene rings is 1. The van der Waals surface area contributed by atoms with Crippen molar-refractivity contribution in [1.29, 1.82) is 0 Å². The highest BCUT2D eigenvalue weighted by molar-refractivity contribution is 5.98. The van der Waals surface area contributed by atoms with Gasteiger partial charge in [0.25, 0.3) is 0 Å². The molecule has 2 aromatic heterocycles. The van der Waals surface area contributed by atoms with Crippen LogP contribution >= 0.6 is 0 Å². The van der Waals surface area contributed by atoms with Crippen LogP contribution in [0, 0.1) is 11.7 Å². The van der Waals surface area contributed by atoms with Crippen LogP contribution in [0.25, 0.3) is 23.1 Å². The molecule has 1 aromatic carbocycles. The van der Waals surface area contributed by atoms with Gasteiger partial charge in [0, 0.05) is 29.4 Å². The summed E-state index contributed by atoms with van der Waals surface area (Å²) in [5.41, 5.74) is 2.38. The number of halogens is 1. The molecule has 5 nitrogen and oxygen atoms in total. The second-order valence-corrected chi connectivity index (χ2v) is 5.87. The molecule has 0 bridgehead atoms. The number of amides is 1. The lowest BCUT2D eigenvalue weighted by Crippen LogP contribution is -2.13. The Bertz CT molecular complexity index is 929. The number of fused-ring (bicyclic) bond motifs is 1. The van der Waals surface area contributed by atoms with E-state index in [0.717, 1.165) is 18.4 Å². The molecule has 0 spiro atoms. The molecule has 3 aromatic rings. The van der Waals surface area contributed by atoms with Crippen molar-refractivity contribution in [3.8, 4) is 0 Å². The minimum atomic E-state index is -0.460. The van der Waals surface area contributed by atoms with Crippen LogP contribution in [0.5, 0.6) is 0 Å². The summed E-state index contributed by atoms with van der Waals surface area (Å²) in [5, 5.41) is 10.3. The second kappa shape index (κ2) is 5.88. The van der Waals surface area contributed by atoms with E-state index >= 15 is 0 Å². The van der Waals surface area contributed by atoms with Gasteiger partial charge in [-0.2, -0.15) is 5.10 Å². The van der Waals surface area contributed by atoms with Gasteiger partial charge >= 0.3 is 0 Å². The zero-order chi connectivity index (χ0) is 16.5. The predicted molar refractivity (Wildman–Crippen MR) is 90.6 cm³/mol. The number of aromatic amines is 1. The fourth-order valence-corrected chi connectivity index (χ4v) is 2.54. The van der Waals surface area contributed by atoms with Crippen molar-refractivity contribution in [2.24, 2.45) is 5.92 Å². The lowest BCUT2D eigenvalue weighted by molar-refractivity contribution is -0.117. The minimum absolute atomic E-state index is 0.0499. The van der Waals surface area contributed by atoms with E-state index in [1.54, 1.807) is 18.5 Å². The quantitative estimate of drug-likeness (QED) is 0.771. The van der Waals surface area contributed by atoms with Gasteiger partial charge < -0.3 is 5.32 Å². The first-order valence-corrected chi connectivity index (χ1v) is 7.77. The Morgan fingerprint density at radius 1 is 1.25 bits per heavy atom. The van der Waals surface area contributed by atoms with Crippen LogP contribution in [0.3, 0.4) is 0 Å². The SMILES string of the molecule is O=C(Nc1cc(F)c2n[nH]c(C=Cc3ccncc3)c2c1)C1CC1. The summed E-state index contributed by atoms with van der Waals surface area (Å²) in [6.45, 7) is 0. The molecule has 0 atom stereocenters. The number of hydrogen-bond acceptors (Lipinski definition) is 3. The molecule has 2 N–H and O–H groups in total. The highest BCUT2D eigenvalue weighted by atomic mass is 19.1. The van der Waals surface area contributed by atoms with Gasteiger partial charge in [0.2, 0.25) is 5.91 Å². The van der Waals surface area contributed by atoms with Gasteiger partial charge in [-0.1, -0.05) is 6.08 Å². The number of aromatic nitrogens is 3. The predicted octanol–water partition coefficient (Wildman–Crippen LogP) is 3.62. The van der Waals surface area contributed by atoms with Crippen LogP contribution in [-0.4, -0.2) is 21.1 Å². The van der Waals surface area contributed by atoms with E-state index in [-0.39, 0.29) is 17.3 Å². The molecule has 4 rings (SSSR count). The zero-order valence-electron chi connectivity index (χ0n) is 12.8. The number of H-pyrrole nitrogens is 1. The molecule has 0 radical (unpaired) electrons. The molecular weight excluding hydrogens is 307 g/mol. The standard InChI is InChI=1S/C18H15FN4O/c19-15-10-13(21-18(24)12-2-3-12)9-14-16(22-23-17(14)15)4-1-11-5-7-20-8-6-11/h1,4-10,12H,2-3H2,(H,21,24)(H,22,23). The highest BCUT2D eigenvalue weighted by Gasteiger charge is 2.29. The Hall–Kier alpha value is -3.02. The number of hydrogen-bond donors (Lipinski definition) is 2. The highest BCUT2D eigenvalue weighted by Crippen LogP contribution is 2.31. The first-order valence-electron chi connectivity index (χ1n) is 7.77. The molecule has 1 fully saturated rings. The molecule has 0 unspecified atom stereocenters. The maximum absolute atomic E-state index is 14.2. The van der Waals surface area contributed by atoms with Crippen LogP contribution in [0.4, 0.5) is 10.1 Å². The number of anilines is 1. The third-order valence-corrected chi connectivity index (χ3v) is 4.01. The Kier molecular flexibility index (Phi) is 3.57. The van der Waals surface area contributed by atoms with Crippen LogP contribution in [0.1, 0.15) is 24.1 Å². The molecule has 1 aliphatic rings. The van der Waals surface area contributed by atoms with Gasteiger partial charge in [0.05, 0.1) is 5.69 Å². The fraction of sp³-hybridized carbons (Fsp3) is 0.167. The van der Waals surface area contributed by atoms with E-state index in [2.05, 4.69) is 20.5 Å². The van der Waals surface area contributed by atoms with Crippen molar-refractivity contribution in [2.45, 2.75) is 12.8 Å². The second-order valence-electron chi connectivity index (χ2n) is 5.87. The van der Waals surface area contributed by atoms with Gasteiger partial charge in [-0.05, 0) is 48.7 Å². The van der Waals surface area contributed by atoms with E-state index in [9.17, 15) is 9.18 Å². The van der Waals surface area contributed by atoms with Gasteiger partial charge in [-0.15, -0.1) is 0 Å². The van der Waals surface area contributed by atoms with E-state index in [4.69, 9.17) is 0 Å². The molecule has 1 saturated carbocycles. The Morgan fingerprint density at radius 2 is 2.04 bits per heavy atom. The molecule has 120 valence electrons. The first kappa shape index (κ1) is 14.6. The molecule has 0 aliphatic heterocycles. The summed E-state index contributed by atoms with van der Waals surface area (Å²) < 4.78 is 14.2. The normalized spacial score (nSPS) is 14.4. The smallest absolute Gasteiger partial charge is 0.227 e. The van der Waals surface area contributed by atoms with Crippen molar-refractivity contribution in [1.82, 2.24) is 15.2 Å². The van der Waals surface area contributed by atoms with Crippen LogP contribution < -0.4 is 5.32 Å². The Morgan fingerprint density at radius 3 is 2.79 bits per heavy atom. The molecule has 24 heavy (non-hydrogen) atoms. The summed E-state index contributed by atoms with van der Waals surface area (Å²) in [6, 6.07) is 6.79. The third kappa shape index (κ3) is 2.90. The van der Waals surface area contributed by atoms with Crippen molar-refractivity contribution in [2.75, 3.05) is 5.32 Å². The Balaban J connectivity index is 1.67. The van der Waals surface area contributed by atoms with Crippen molar-refractivity contribution < 1.29 is 9.18 Å². The van der Waals surface area contributed by atoms with Gasteiger partial charge in [0.1, 0.15) is 5.52 Å². The fourth-order valence-electron chi connectivity index (χ4n) is 2.54. The van der Waals surface area contributed by atoms with E-state index in [1.807, 2.05) is 24.3 Å². The van der Waals surface area contributed by atoms with Crippen molar-refractivity contribution in [3.63, 3.8) is 0 Å². The molecule has 1 amide bonds. The molecule has 1 aliphatic carbocycles. The number of nitrogens with one attached hydrogen (secondary N) is 2. The summed E-state index contributed by atoms with van der Waals surface area (Å²) in [6.07, 6.45) is 8.94. The van der Waals surface area contributed by atoms with E-state index in [0.29, 0.717) is 16.8 Å². The first-order chi connectivity index (χ1) is 11.7. The summed E-state index contributed by atoms with van der Waals surface area (Å²) in [7, 11) is 0.